The molecule has 0 fully saturated rings. The first-order valence-corrected chi connectivity index (χ1v) is 13.5. The van der Waals surface area contributed by atoms with Gasteiger partial charge in [-0.1, -0.05) is 70.5 Å². The number of fused-ring (bicyclic) bond motifs is 6. The van der Waals surface area contributed by atoms with Gasteiger partial charge in [-0.15, -0.1) is 0 Å². The second-order valence-electron chi connectivity index (χ2n) is 10.6. The van der Waals surface area contributed by atoms with Gasteiger partial charge in [0.1, 0.15) is 0 Å². The molecule has 1 aromatic heterocycles. The molecule has 5 rings (SSSR count). The van der Waals surface area contributed by atoms with Gasteiger partial charge >= 0.3 is 0 Å². The van der Waals surface area contributed by atoms with Crippen molar-refractivity contribution in [2.24, 2.45) is 0 Å². The molecule has 2 unspecified atom stereocenters. The molecule has 0 amide bonds. The molecule has 0 radical (unpaired) electrons. The number of unbranched alkanes of at least 4 members (excludes halogenated alkanes) is 1. The minimum atomic E-state index is 0.0644. The van der Waals surface area contributed by atoms with Crippen molar-refractivity contribution in [2.45, 2.75) is 90.5 Å². The summed E-state index contributed by atoms with van der Waals surface area (Å²) in [6.07, 6.45) is 10.7. The lowest BCUT2D eigenvalue weighted by atomic mass is 9.58. The summed E-state index contributed by atoms with van der Waals surface area (Å²) >= 11 is 0. The summed E-state index contributed by atoms with van der Waals surface area (Å²) < 4.78 is 2.71. The van der Waals surface area contributed by atoms with Crippen LogP contribution in [0, 0.1) is 0 Å². The van der Waals surface area contributed by atoms with Gasteiger partial charge in [0.25, 0.3) is 0 Å². The highest BCUT2D eigenvalue weighted by Crippen LogP contribution is 2.53. The number of hydrogen-bond acceptors (Lipinski definition) is 0. The molecule has 0 aliphatic carbocycles. The van der Waals surface area contributed by atoms with Gasteiger partial charge in [0.15, 0.2) is 11.7 Å². The van der Waals surface area contributed by atoms with Gasteiger partial charge in [0.05, 0.1) is 16.4 Å². The molecule has 4 aromatic rings. The molecule has 3 aromatic carbocycles. The van der Waals surface area contributed by atoms with Gasteiger partial charge in [-0.3, -0.25) is 0 Å². The minimum Gasteiger partial charge on any atom is -0.191 e. The Morgan fingerprint density at radius 2 is 1.53 bits per heavy atom. The van der Waals surface area contributed by atoms with E-state index in [4.69, 9.17) is 0 Å². The molecule has 0 saturated carbocycles. The van der Waals surface area contributed by atoms with Crippen LogP contribution in [0.5, 0.6) is 0 Å². The molecule has 1 heteroatoms. The topological polar surface area (TPSA) is 3.88 Å². The Hall–Kier alpha value is -2.67. The fourth-order valence-corrected chi connectivity index (χ4v) is 7.06. The molecule has 34 heavy (non-hydrogen) atoms. The van der Waals surface area contributed by atoms with E-state index >= 15 is 0 Å². The van der Waals surface area contributed by atoms with Crippen LogP contribution < -0.4 is 4.57 Å². The summed E-state index contributed by atoms with van der Waals surface area (Å²) in [7, 11) is 0. The van der Waals surface area contributed by atoms with E-state index in [1.807, 2.05) is 0 Å². The average molecular weight is 451 g/mol. The first-order chi connectivity index (χ1) is 16.5. The maximum Gasteiger partial charge on any atom is 0.221 e. The van der Waals surface area contributed by atoms with E-state index in [0.717, 1.165) is 19.3 Å². The zero-order valence-corrected chi connectivity index (χ0v) is 21.7. The van der Waals surface area contributed by atoms with E-state index in [1.165, 1.54) is 69.6 Å². The third-order valence-electron chi connectivity index (χ3n) is 9.06. The normalized spacial score (nSPS) is 21.6. The summed E-state index contributed by atoms with van der Waals surface area (Å²) in [5.41, 5.74) is 6.03. The molecule has 0 saturated heterocycles. The molecule has 2 heterocycles. The Morgan fingerprint density at radius 3 is 2.21 bits per heavy atom. The quantitative estimate of drug-likeness (QED) is 0.247. The predicted molar refractivity (Wildman–Crippen MR) is 147 cm³/mol. The van der Waals surface area contributed by atoms with Crippen LogP contribution >= 0.6 is 0 Å². The Balaban J connectivity index is 1.94. The standard InChI is InChI=1S/C33H40N/c1-6-10-14-24-17-13-18-28-27(24)19-21-34-31(28)29-22-25-15-11-12-16-26(25)23-30(29)32(5,8-3)33(34,9-4)20-7-2/h11-13,15-19,21-23H,6-10,14,20H2,1-5H3/q+1. The van der Waals surface area contributed by atoms with Gasteiger partial charge in [0.2, 0.25) is 5.69 Å². The van der Waals surface area contributed by atoms with Crippen molar-refractivity contribution in [2.75, 3.05) is 0 Å². The van der Waals surface area contributed by atoms with Gasteiger partial charge in [-0.05, 0) is 78.1 Å². The first kappa shape index (κ1) is 23.1. The highest BCUT2D eigenvalue weighted by molar-refractivity contribution is 5.99. The third kappa shape index (κ3) is 3.16. The Labute approximate surface area is 205 Å². The SMILES string of the molecule is CCCCc1cccc2c3[n+](ccc12)C(CC)(CCC)C(C)(CC)c1cc2ccccc2cc1-3. The second kappa shape index (κ2) is 8.84. The average Bonchev–Trinajstić information content (AvgIpc) is 2.88. The van der Waals surface area contributed by atoms with Gasteiger partial charge in [0, 0.05) is 18.9 Å². The van der Waals surface area contributed by atoms with Crippen LogP contribution in [-0.2, 0) is 17.4 Å². The molecule has 0 N–H and O–H groups in total. The maximum absolute atomic E-state index is 2.71. The summed E-state index contributed by atoms with van der Waals surface area (Å²) in [6, 6.07) is 23.3. The lowest BCUT2D eigenvalue weighted by Crippen LogP contribution is -2.69. The number of hydrogen-bond donors (Lipinski definition) is 0. The smallest absolute Gasteiger partial charge is 0.191 e. The first-order valence-electron chi connectivity index (χ1n) is 13.5. The van der Waals surface area contributed by atoms with Crippen molar-refractivity contribution >= 4 is 21.5 Å². The number of nitrogens with zero attached hydrogens (tertiary/aromatic N) is 1. The van der Waals surface area contributed by atoms with Crippen molar-refractivity contribution in [3.63, 3.8) is 0 Å². The fourth-order valence-electron chi connectivity index (χ4n) is 7.06. The Morgan fingerprint density at radius 1 is 0.765 bits per heavy atom. The lowest BCUT2D eigenvalue weighted by molar-refractivity contribution is -0.769. The number of rotatable bonds is 7. The molecular weight excluding hydrogens is 410 g/mol. The highest BCUT2D eigenvalue weighted by atomic mass is 15.1. The summed E-state index contributed by atoms with van der Waals surface area (Å²) in [5, 5.41) is 5.55. The highest BCUT2D eigenvalue weighted by Gasteiger charge is 2.59. The van der Waals surface area contributed by atoms with Crippen LogP contribution in [-0.4, -0.2) is 0 Å². The van der Waals surface area contributed by atoms with E-state index in [1.54, 1.807) is 0 Å². The second-order valence-corrected chi connectivity index (χ2v) is 10.6. The van der Waals surface area contributed by atoms with Crippen molar-refractivity contribution in [3.8, 4) is 11.3 Å². The van der Waals surface area contributed by atoms with E-state index < -0.39 is 0 Å². The maximum atomic E-state index is 2.71. The fraction of sp³-hybridized carbons (Fsp3) is 0.424. The summed E-state index contributed by atoms with van der Waals surface area (Å²) in [5.74, 6) is 0. The molecule has 0 bridgehead atoms. The molecule has 1 nitrogen and oxygen atoms in total. The molecule has 1 aliphatic heterocycles. The van der Waals surface area contributed by atoms with Crippen molar-refractivity contribution < 1.29 is 4.57 Å². The van der Waals surface area contributed by atoms with E-state index in [0.29, 0.717) is 0 Å². The van der Waals surface area contributed by atoms with E-state index in [9.17, 15) is 0 Å². The van der Waals surface area contributed by atoms with Crippen LogP contribution in [0.15, 0.2) is 66.9 Å². The Bertz CT molecular complexity index is 1350. The number of benzene rings is 3. The summed E-state index contributed by atoms with van der Waals surface area (Å²) in [4.78, 5) is 0. The molecule has 176 valence electrons. The summed E-state index contributed by atoms with van der Waals surface area (Å²) in [6.45, 7) is 12.0. The number of aromatic nitrogens is 1. The predicted octanol–water partition coefficient (Wildman–Crippen LogP) is 8.88. The molecule has 1 aliphatic rings. The van der Waals surface area contributed by atoms with Crippen molar-refractivity contribution in [1.82, 2.24) is 0 Å². The van der Waals surface area contributed by atoms with Gasteiger partial charge in [-0.2, -0.15) is 4.57 Å². The van der Waals surface area contributed by atoms with Crippen LogP contribution in [0.4, 0.5) is 0 Å². The molecule has 2 atom stereocenters. The van der Waals surface area contributed by atoms with E-state index in [-0.39, 0.29) is 11.0 Å². The zero-order chi connectivity index (χ0) is 23.9. The van der Waals surface area contributed by atoms with E-state index in [2.05, 4.69) is 106 Å². The van der Waals surface area contributed by atoms with Crippen molar-refractivity contribution in [1.29, 1.82) is 0 Å². The Kier molecular flexibility index (Phi) is 6.00. The van der Waals surface area contributed by atoms with Crippen LogP contribution in [0.3, 0.4) is 0 Å². The minimum absolute atomic E-state index is 0.0644. The monoisotopic (exact) mass is 450 g/mol. The van der Waals surface area contributed by atoms with Gasteiger partial charge < -0.3 is 0 Å². The lowest BCUT2D eigenvalue weighted by Gasteiger charge is -2.48. The molecular formula is C33H40N+. The largest absolute Gasteiger partial charge is 0.221 e. The van der Waals surface area contributed by atoms with Crippen LogP contribution in [0.25, 0.3) is 32.8 Å². The third-order valence-corrected chi connectivity index (χ3v) is 9.06. The van der Waals surface area contributed by atoms with Crippen LogP contribution in [0.2, 0.25) is 0 Å². The van der Waals surface area contributed by atoms with Crippen LogP contribution in [0.1, 0.15) is 84.3 Å². The number of aryl methyl sites for hydroxylation is 1. The zero-order valence-electron chi connectivity index (χ0n) is 21.7. The van der Waals surface area contributed by atoms with Gasteiger partial charge in [-0.25, -0.2) is 0 Å². The number of pyridine rings is 1. The van der Waals surface area contributed by atoms with Crippen molar-refractivity contribution in [3.05, 3.63) is 78.0 Å². The molecule has 0 spiro atoms.